The third-order valence-corrected chi connectivity index (χ3v) is 13.7. The number of fused-ring (bicyclic) bond motifs is 12. The Morgan fingerprint density at radius 1 is 0.397 bits per heavy atom. The third-order valence-electron chi connectivity index (χ3n) is 13.7. The van der Waals surface area contributed by atoms with Gasteiger partial charge in [-0.3, -0.25) is 4.90 Å². The Hall–Kier alpha value is -7.83. The van der Waals surface area contributed by atoms with Crippen molar-refractivity contribution < 1.29 is 8.83 Å². The van der Waals surface area contributed by atoms with Crippen LogP contribution in [-0.2, 0) is 10.8 Å². The molecule has 2 aliphatic rings. The molecule has 0 unspecified atom stereocenters. The van der Waals surface area contributed by atoms with Gasteiger partial charge in [0.05, 0.1) is 16.8 Å². The molecule has 0 saturated carbocycles. The van der Waals surface area contributed by atoms with E-state index >= 15 is 0 Å². The smallest absolute Gasteiger partial charge is 0.238 e. The van der Waals surface area contributed by atoms with Crippen LogP contribution in [0.1, 0.15) is 49.9 Å². The molecule has 0 amide bonds. The van der Waals surface area contributed by atoms with Gasteiger partial charge >= 0.3 is 0 Å². The number of hydrogen-bond donors (Lipinski definition) is 0. The van der Waals surface area contributed by atoms with Gasteiger partial charge in [0.2, 0.25) is 5.95 Å². The summed E-state index contributed by atoms with van der Waals surface area (Å²) < 4.78 is 12.8. The summed E-state index contributed by atoms with van der Waals surface area (Å²) in [6.07, 6.45) is 0. The lowest BCUT2D eigenvalue weighted by Crippen LogP contribution is -2.16. The van der Waals surface area contributed by atoms with E-state index in [0.717, 1.165) is 66.4 Å². The van der Waals surface area contributed by atoms with Crippen LogP contribution in [0.4, 0.5) is 17.3 Å². The van der Waals surface area contributed by atoms with Crippen molar-refractivity contribution in [2.75, 3.05) is 4.90 Å². The van der Waals surface area contributed by atoms with Gasteiger partial charge in [-0.05, 0) is 99.1 Å². The summed E-state index contributed by atoms with van der Waals surface area (Å²) in [7, 11) is 0. The van der Waals surface area contributed by atoms with E-state index in [1.54, 1.807) is 0 Å². The van der Waals surface area contributed by atoms with Crippen molar-refractivity contribution in [3.63, 3.8) is 0 Å². The van der Waals surface area contributed by atoms with E-state index in [1.165, 1.54) is 44.5 Å². The first kappa shape index (κ1) is 35.9. The average molecular weight is 813 g/mol. The van der Waals surface area contributed by atoms with E-state index in [9.17, 15) is 0 Å². The maximum atomic E-state index is 6.50. The highest BCUT2D eigenvalue weighted by Gasteiger charge is 2.37. The predicted octanol–water partition coefficient (Wildman–Crippen LogP) is 15.1. The molecule has 2 aliphatic carbocycles. The lowest BCUT2D eigenvalue weighted by molar-refractivity contribution is 0.660. The van der Waals surface area contributed by atoms with Gasteiger partial charge < -0.3 is 8.83 Å². The summed E-state index contributed by atoms with van der Waals surface area (Å²) in [5.41, 5.74) is 16.7. The molecule has 0 radical (unpaired) electrons. The summed E-state index contributed by atoms with van der Waals surface area (Å²) in [6.45, 7) is 9.23. The topological polar surface area (TPSA) is 68.2 Å². The van der Waals surface area contributed by atoms with Gasteiger partial charge in [0.1, 0.15) is 22.3 Å². The molecule has 13 rings (SSSR count). The Bertz CT molecular complexity index is 3720. The molecule has 8 aromatic carbocycles. The van der Waals surface area contributed by atoms with E-state index in [4.69, 9.17) is 23.8 Å². The summed E-state index contributed by atoms with van der Waals surface area (Å²) >= 11 is 0. The van der Waals surface area contributed by atoms with E-state index in [2.05, 4.69) is 160 Å². The zero-order valence-corrected chi connectivity index (χ0v) is 35.3. The normalized spacial score (nSPS) is 14.3. The first-order valence-electron chi connectivity index (χ1n) is 21.6. The van der Waals surface area contributed by atoms with Crippen LogP contribution in [0, 0.1) is 0 Å². The Morgan fingerprint density at radius 3 is 1.73 bits per heavy atom. The van der Waals surface area contributed by atoms with Crippen LogP contribution in [0.5, 0.6) is 0 Å². The number of anilines is 3. The second-order valence-electron chi connectivity index (χ2n) is 18.0. The lowest BCUT2D eigenvalue weighted by atomic mass is 9.82. The van der Waals surface area contributed by atoms with Gasteiger partial charge in [0.25, 0.3) is 0 Å². The van der Waals surface area contributed by atoms with Gasteiger partial charge in [0.15, 0.2) is 11.6 Å². The van der Waals surface area contributed by atoms with Crippen LogP contribution < -0.4 is 4.90 Å². The minimum atomic E-state index is -0.201. The van der Waals surface area contributed by atoms with E-state index < -0.39 is 0 Å². The lowest BCUT2D eigenvalue weighted by Gasteiger charge is -2.25. The first-order chi connectivity index (χ1) is 30.7. The van der Waals surface area contributed by atoms with E-state index in [-0.39, 0.29) is 10.8 Å². The monoisotopic (exact) mass is 812 g/mol. The molecule has 0 saturated heterocycles. The molecule has 0 atom stereocenters. The number of nitrogens with zero attached hydrogens (tertiary/aromatic N) is 4. The molecular formula is C57H40N4O2. The molecule has 0 spiro atoms. The summed E-state index contributed by atoms with van der Waals surface area (Å²) in [5.74, 6) is 1.67. The highest BCUT2D eigenvalue weighted by molar-refractivity contribution is 6.14. The second kappa shape index (κ2) is 12.8. The zero-order chi connectivity index (χ0) is 42.2. The minimum Gasteiger partial charge on any atom is -0.456 e. The van der Waals surface area contributed by atoms with Gasteiger partial charge in [-0.1, -0.05) is 143 Å². The molecule has 3 aromatic heterocycles. The van der Waals surface area contributed by atoms with E-state index in [0.29, 0.717) is 17.6 Å². The Kier molecular flexibility index (Phi) is 7.32. The molecule has 0 fully saturated rings. The van der Waals surface area contributed by atoms with Gasteiger partial charge in [-0.2, -0.15) is 9.97 Å². The fourth-order valence-electron chi connectivity index (χ4n) is 10.6. The van der Waals surface area contributed by atoms with Crippen LogP contribution >= 0.6 is 0 Å². The van der Waals surface area contributed by atoms with Gasteiger partial charge in [0, 0.05) is 38.1 Å². The Labute approximate surface area is 364 Å². The minimum absolute atomic E-state index is 0.132. The van der Waals surface area contributed by atoms with Crippen molar-refractivity contribution in [1.29, 1.82) is 0 Å². The molecule has 6 nitrogen and oxygen atoms in total. The van der Waals surface area contributed by atoms with Crippen LogP contribution in [-0.4, -0.2) is 15.0 Å². The largest absolute Gasteiger partial charge is 0.456 e. The van der Waals surface area contributed by atoms with E-state index in [1.807, 2.05) is 42.5 Å². The van der Waals surface area contributed by atoms with Crippen molar-refractivity contribution in [2.45, 2.75) is 38.5 Å². The van der Waals surface area contributed by atoms with Crippen molar-refractivity contribution >= 4 is 61.2 Å². The van der Waals surface area contributed by atoms with Crippen LogP contribution in [0.3, 0.4) is 0 Å². The summed E-state index contributed by atoms with van der Waals surface area (Å²) in [6, 6.07) is 59.8. The Balaban J connectivity index is 1.09. The van der Waals surface area contributed by atoms with Gasteiger partial charge in [-0.25, -0.2) is 4.98 Å². The fraction of sp³-hybridized carbons (Fsp3) is 0.105. The van der Waals surface area contributed by atoms with Crippen LogP contribution in [0.25, 0.3) is 88.9 Å². The number of para-hydroxylation sites is 2. The highest BCUT2D eigenvalue weighted by atomic mass is 16.3. The molecule has 0 N–H and O–H groups in total. The van der Waals surface area contributed by atoms with Crippen molar-refractivity contribution in [1.82, 2.24) is 15.0 Å². The van der Waals surface area contributed by atoms with Crippen LogP contribution in [0.2, 0.25) is 0 Å². The zero-order valence-electron chi connectivity index (χ0n) is 35.3. The molecule has 6 heteroatoms. The van der Waals surface area contributed by atoms with Gasteiger partial charge in [-0.15, -0.1) is 0 Å². The molecule has 63 heavy (non-hydrogen) atoms. The summed E-state index contributed by atoms with van der Waals surface area (Å²) in [5, 5.41) is 4.04. The number of benzene rings is 8. The third kappa shape index (κ3) is 5.15. The number of rotatable bonds is 5. The quantitative estimate of drug-likeness (QED) is 0.172. The molecule has 0 aliphatic heterocycles. The molecule has 0 bridgehead atoms. The SMILES string of the molecule is CC1(C)c2ccccc2-c2cc(-c3nc(-c4ccc5c(c4)C(C)(C)c4ccccc4-5)nc(N(c4ccc5oc6ccccc6c5c4)c4cccc5oc6ccccc6c45)n3)ccc21. The fourth-order valence-corrected chi connectivity index (χ4v) is 10.6. The average Bonchev–Trinajstić information content (AvgIpc) is 4.02. The molecule has 3 heterocycles. The molecule has 11 aromatic rings. The Morgan fingerprint density at radius 2 is 0.952 bits per heavy atom. The summed E-state index contributed by atoms with van der Waals surface area (Å²) in [4.78, 5) is 18.5. The first-order valence-corrected chi connectivity index (χ1v) is 21.6. The number of hydrogen-bond acceptors (Lipinski definition) is 6. The molecular weight excluding hydrogens is 773 g/mol. The number of aromatic nitrogens is 3. The van der Waals surface area contributed by atoms with Crippen molar-refractivity contribution in [3.8, 4) is 45.0 Å². The maximum absolute atomic E-state index is 6.50. The predicted molar refractivity (Wildman–Crippen MR) is 255 cm³/mol. The van der Waals surface area contributed by atoms with Crippen molar-refractivity contribution in [3.05, 3.63) is 192 Å². The molecule has 300 valence electrons. The van der Waals surface area contributed by atoms with Crippen LogP contribution in [0.15, 0.2) is 179 Å². The number of furan rings is 2. The maximum Gasteiger partial charge on any atom is 0.238 e. The van der Waals surface area contributed by atoms with Crippen molar-refractivity contribution in [2.24, 2.45) is 0 Å². The highest BCUT2D eigenvalue weighted by Crippen LogP contribution is 2.52. The standard InChI is InChI=1S/C57H40N4O2/c1-56(2)44-19-10-6-15-37(44)41-30-33(25-28-45(41)56)53-58-54(34-24-27-38-36-14-5-9-18-43(36)57(3,4)46(38)31-34)60-55(59-53)61(35-26-29-50-42(32-35)39-16-7-11-21-48(39)62-50)47-20-13-23-51-52(47)40-17-8-12-22-49(40)63-51/h5-32H,1-4H3. The second-order valence-corrected chi connectivity index (χ2v) is 18.0.